The predicted molar refractivity (Wildman–Crippen MR) is 122 cm³/mol. The summed E-state index contributed by atoms with van der Waals surface area (Å²) in [7, 11) is 0.805. The number of hydrogen-bond acceptors (Lipinski definition) is 6. The highest BCUT2D eigenvalue weighted by Crippen LogP contribution is 2.46. The fraction of sp³-hybridized carbons (Fsp3) is 0.500. The number of anilines is 2. The van der Waals surface area contributed by atoms with E-state index in [2.05, 4.69) is 20.9 Å². The zero-order valence-corrected chi connectivity index (χ0v) is 22.1. The normalized spacial score (nSPS) is 13.5. The van der Waals surface area contributed by atoms with Crippen molar-refractivity contribution in [3.63, 3.8) is 0 Å². The first-order valence-electron chi connectivity index (χ1n) is 10.9. The first kappa shape index (κ1) is 32.4. The summed E-state index contributed by atoms with van der Waals surface area (Å²) in [6.07, 6.45) is -18.3. The molecule has 218 valence electrons. The monoisotopic (exact) mass is 641 g/mol. The van der Waals surface area contributed by atoms with Gasteiger partial charge < -0.3 is 9.47 Å². The maximum absolute atomic E-state index is 13.8. The summed E-state index contributed by atoms with van der Waals surface area (Å²) in [6.45, 7) is 3.63. The van der Waals surface area contributed by atoms with Crippen molar-refractivity contribution in [2.24, 2.45) is 5.92 Å². The molecule has 7 nitrogen and oxygen atoms in total. The summed E-state index contributed by atoms with van der Waals surface area (Å²) in [5.41, 5.74) is -8.02. The van der Waals surface area contributed by atoms with Crippen LogP contribution in [0.4, 0.5) is 51.1 Å². The van der Waals surface area contributed by atoms with Crippen molar-refractivity contribution < 1.29 is 53.8 Å². The highest BCUT2D eigenvalue weighted by Gasteiger charge is 2.43. The van der Waals surface area contributed by atoms with Crippen molar-refractivity contribution in [3.8, 4) is 0 Å². The molecule has 0 radical (unpaired) electrons. The number of carbonyl (C=O) groups is 1. The maximum Gasteiger partial charge on any atom is 0.433 e. The average Bonchev–Trinajstić information content (AvgIpc) is 2.76. The lowest BCUT2D eigenvalue weighted by Crippen LogP contribution is -2.45. The Morgan fingerprint density at radius 1 is 1.03 bits per heavy atom. The summed E-state index contributed by atoms with van der Waals surface area (Å²) < 4.78 is 133. The largest absolute Gasteiger partial charge is 0.463 e. The Balaban J connectivity index is 3.18. The van der Waals surface area contributed by atoms with Crippen LogP contribution >= 0.6 is 15.9 Å². The van der Waals surface area contributed by atoms with E-state index in [9.17, 15) is 49.1 Å². The number of carbonyl (C=O) groups excluding carboxylic acids is 1. The van der Waals surface area contributed by atoms with Crippen molar-refractivity contribution in [2.75, 3.05) is 18.6 Å². The molecule has 1 aromatic carbocycles. The Bertz CT molecular complexity index is 1260. The van der Waals surface area contributed by atoms with Gasteiger partial charge in [0.15, 0.2) is 5.69 Å². The molecule has 2 aromatic rings. The molecule has 0 saturated carbocycles. The second kappa shape index (κ2) is 11.7. The minimum absolute atomic E-state index is 0.110. The molecule has 17 heteroatoms. The van der Waals surface area contributed by atoms with Crippen LogP contribution in [0.15, 0.2) is 27.5 Å². The summed E-state index contributed by atoms with van der Waals surface area (Å²) in [4.78, 5) is 29.1. The number of ether oxygens (including phenoxy) is 2. The molecule has 0 spiro atoms. The van der Waals surface area contributed by atoms with E-state index in [1.54, 1.807) is 0 Å². The van der Waals surface area contributed by atoms with Gasteiger partial charge in [0, 0.05) is 19.7 Å². The number of hydrogen-bond donors (Lipinski definition) is 0. The smallest absolute Gasteiger partial charge is 0.433 e. The molecule has 0 aliphatic heterocycles. The summed E-state index contributed by atoms with van der Waals surface area (Å²) in [5, 5.41) is 0. The Kier molecular flexibility index (Phi) is 9.75. The van der Waals surface area contributed by atoms with Crippen LogP contribution in [0.2, 0.25) is 0 Å². The SMILES string of the molecule is CCOC(=O)C(OC)N(c1cc(C(F)(F)F)cc(C(F)(F)F)c1Br)c1nc(C(F)(F)F)cc(=O)n1CC(C)C. The number of nitrogens with zero attached hydrogens (tertiary/aromatic N) is 3. The van der Waals surface area contributed by atoms with Crippen LogP contribution < -0.4 is 10.5 Å². The molecule has 0 aliphatic rings. The Hall–Kier alpha value is -2.82. The summed E-state index contributed by atoms with van der Waals surface area (Å²) in [5.74, 6) is -3.00. The first-order valence-corrected chi connectivity index (χ1v) is 11.7. The number of halogens is 10. The van der Waals surface area contributed by atoms with Gasteiger partial charge in [0.25, 0.3) is 5.56 Å². The topological polar surface area (TPSA) is 73.7 Å². The number of aromatic nitrogens is 2. The Morgan fingerprint density at radius 2 is 1.62 bits per heavy atom. The highest BCUT2D eigenvalue weighted by molar-refractivity contribution is 9.10. The lowest BCUT2D eigenvalue weighted by atomic mass is 10.1. The van der Waals surface area contributed by atoms with E-state index in [1.807, 2.05) is 0 Å². The van der Waals surface area contributed by atoms with Gasteiger partial charge in [0.05, 0.1) is 27.9 Å². The van der Waals surface area contributed by atoms with E-state index in [0.717, 1.165) is 7.11 Å². The summed E-state index contributed by atoms with van der Waals surface area (Å²) >= 11 is 2.58. The van der Waals surface area contributed by atoms with Crippen LogP contribution in [0.25, 0.3) is 0 Å². The van der Waals surface area contributed by atoms with Crippen LogP contribution in [-0.2, 0) is 39.3 Å². The minimum atomic E-state index is -5.40. The highest BCUT2D eigenvalue weighted by atomic mass is 79.9. The third kappa shape index (κ3) is 7.43. The number of methoxy groups -OCH3 is 1. The van der Waals surface area contributed by atoms with Gasteiger partial charge in [-0.3, -0.25) is 14.3 Å². The lowest BCUT2D eigenvalue weighted by Gasteiger charge is -2.33. The second-order valence-corrected chi connectivity index (χ2v) is 9.14. The quantitative estimate of drug-likeness (QED) is 0.189. The zero-order valence-electron chi connectivity index (χ0n) is 20.6. The molecule has 1 unspecified atom stereocenters. The van der Waals surface area contributed by atoms with Crippen LogP contribution in [0.1, 0.15) is 37.6 Å². The number of esters is 1. The van der Waals surface area contributed by atoms with Gasteiger partial charge in [0.1, 0.15) is 0 Å². The summed E-state index contributed by atoms with van der Waals surface area (Å²) in [6, 6.07) is 0.0357. The van der Waals surface area contributed by atoms with Gasteiger partial charge in [-0.25, -0.2) is 9.78 Å². The van der Waals surface area contributed by atoms with Crippen LogP contribution in [0.3, 0.4) is 0 Å². The van der Waals surface area contributed by atoms with Crippen molar-refractivity contribution in [2.45, 2.75) is 52.1 Å². The molecule has 0 saturated heterocycles. The van der Waals surface area contributed by atoms with E-state index < -0.39 is 81.7 Å². The van der Waals surface area contributed by atoms with E-state index in [-0.39, 0.29) is 29.7 Å². The molecule has 39 heavy (non-hydrogen) atoms. The van der Waals surface area contributed by atoms with Gasteiger partial charge in [-0.1, -0.05) is 13.8 Å². The molecular weight excluding hydrogens is 621 g/mol. The number of alkyl halides is 9. The van der Waals surface area contributed by atoms with Crippen molar-refractivity contribution >= 4 is 33.5 Å². The minimum Gasteiger partial charge on any atom is -0.463 e. The number of rotatable bonds is 8. The molecule has 0 fully saturated rings. The third-order valence-electron chi connectivity index (χ3n) is 4.93. The predicted octanol–water partition coefficient (Wildman–Crippen LogP) is 6.39. The fourth-order valence-electron chi connectivity index (χ4n) is 3.37. The van der Waals surface area contributed by atoms with Crippen LogP contribution in [-0.4, -0.2) is 35.5 Å². The molecule has 0 aliphatic carbocycles. The molecule has 0 N–H and O–H groups in total. The van der Waals surface area contributed by atoms with E-state index in [1.165, 1.54) is 20.8 Å². The first-order chi connectivity index (χ1) is 17.7. The fourth-order valence-corrected chi connectivity index (χ4v) is 4.02. The van der Waals surface area contributed by atoms with E-state index in [0.29, 0.717) is 4.57 Å². The van der Waals surface area contributed by atoms with E-state index >= 15 is 0 Å². The van der Waals surface area contributed by atoms with E-state index in [4.69, 9.17) is 9.47 Å². The van der Waals surface area contributed by atoms with Gasteiger partial charge in [-0.15, -0.1) is 0 Å². The Morgan fingerprint density at radius 3 is 2.05 bits per heavy atom. The van der Waals surface area contributed by atoms with Gasteiger partial charge in [0.2, 0.25) is 12.2 Å². The number of benzene rings is 1. The van der Waals surface area contributed by atoms with Crippen molar-refractivity contribution in [1.29, 1.82) is 0 Å². The zero-order chi connectivity index (χ0) is 30.1. The Labute approximate surface area is 223 Å². The lowest BCUT2D eigenvalue weighted by molar-refractivity contribution is -0.154. The van der Waals surface area contributed by atoms with Gasteiger partial charge >= 0.3 is 24.5 Å². The molecule has 2 rings (SSSR count). The molecule has 1 atom stereocenters. The second-order valence-electron chi connectivity index (χ2n) is 8.34. The van der Waals surface area contributed by atoms with Crippen molar-refractivity contribution in [1.82, 2.24) is 9.55 Å². The standard InChI is InChI=1S/C22H21BrF9N3O4/c1-5-39-18(37)17(38-4)35(13-7-11(20(24,25)26)6-12(16(13)23)21(27,28)29)19-33-14(22(30,31)32)8-15(36)34(19)9-10(2)3/h6-8,10,17H,5,9H2,1-4H3. The van der Waals surface area contributed by atoms with Crippen molar-refractivity contribution in [3.05, 3.63) is 49.8 Å². The third-order valence-corrected chi connectivity index (χ3v) is 5.77. The average molecular weight is 642 g/mol. The molecule has 0 bridgehead atoms. The molecular formula is C22H21BrF9N3O4. The molecule has 1 aromatic heterocycles. The van der Waals surface area contributed by atoms with Gasteiger partial charge in [-0.05, 0) is 40.9 Å². The molecule has 0 amide bonds. The van der Waals surface area contributed by atoms with Gasteiger partial charge in [-0.2, -0.15) is 39.5 Å². The van der Waals surface area contributed by atoms with Crippen LogP contribution in [0, 0.1) is 5.92 Å². The maximum atomic E-state index is 13.8. The molecule has 1 heterocycles. The van der Waals surface area contributed by atoms with Crippen LogP contribution in [0.5, 0.6) is 0 Å².